The maximum absolute atomic E-state index is 11.7. The Morgan fingerprint density at radius 1 is 1.38 bits per heavy atom. The van der Waals surface area contributed by atoms with Crippen LogP contribution in [0, 0.1) is 0 Å². The molecule has 0 saturated heterocycles. The standard InChI is InChI=1S/C17H18Cl2N4O2S/c1-3-25-16(24)9-26-15-6-11(2)21-23-10-20-22(17(15)23)8-12-4-5-13(18)7-14(12)19/h4-7,10,21H,3,8-9H2,1-2H3. The van der Waals surface area contributed by atoms with Crippen LogP contribution in [0.2, 0.25) is 10.0 Å². The van der Waals surface area contributed by atoms with Gasteiger partial charge in [0.1, 0.15) is 6.34 Å². The van der Waals surface area contributed by atoms with Gasteiger partial charge in [-0.1, -0.05) is 29.3 Å². The third-order valence-corrected chi connectivity index (χ3v) is 5.21. The van der Waals surface area contributed by atoms with Crippen molar-refractivity contribution in [2.75, 3.05) is 12.4 Å². The molecule has 0 aromatic heterocycles. The van der Waals surface area contributed by atoms with Crippen molar-refractivity contribution in [1.82, 2.24) is 15.4 Å². The minimum Gasteiger partial charge on any atom is -0.465 e. The molecule has 26 heavy (non-hydrogen) atoms. The van der Waals surface area contributed by atoms with Crippen molar-refractivity contribution in [3.63, 3.8) is 0 Å². The topological polar surface area (TPSA) is 57.2 Å². The molecule has 0 saturated carbocycles. The van der Waals surface area contributed by atoms with E-state index >= 15 is 0 Å². The van der Waals surface area contributed by atoms with E-state index < -0.39 is 0 Å². The summed E-state index contributed by atoms with van der Waals surface area (Å²) < 4.78 is 5.01. The van der Waals surface area contributed by atoms with Crippen molar-refractivity contribution in [3.05, 3.63) is 56.3 Å². The lowest BCUT2D eigenvalue weighted by molar-refractivity contribution is -0.139. The highest BCUT2D eigenvalue weighted by Crippen LogP contribution is 2.33. The molecular formula is C17H18Cl2N4O2S. The van der Waals surface area contributed by atoms with E-state index in [9.17, 15) is 4.79 Å². The zero-order valence-corrected chi connectivity index (χ0v) is 16.7. The van der Waals surface area contributed by atoms with Crippen molar-refractivity contribution in [2.45, 2.75) is 20.4 Å². The zero-order chi connectivity index (χ0) is 18.7. The highest BCUT2D eigenvalue weighted by atomic mass is 35.5. The quantitative estimate of drug-likeness (QED) is 0.713. The number of carbonyl (C=O) groups is 1. The van der Waals surface area contributed by atoms with Crippen LogP contribution >= 0.6 is 35.0 Å². The average molecular weight is 413 g/mol. The van der Waals surface area contributed by atoms with Gasteiger partial charge in [-0.25, -0.2) is 10.0 Å². The number of fused-ring (bicyclic) bond motifs is 1. The number of thioether (sulfide) groups is 1. The Labute approximate surface area is 166 Å². The first kappa shape index (κ1) is 18.9. The molecule has 6 nitrogen and oxygen atoms in total. The van der Waals surface area contributed by atoms with Crippen molar-refractivity contribution < 1.29 is 9.53 Å². The molecular weight excluding hydrogens is 395 g/mol. The fourth-order valence-corrected chi connectivity index (χ4v) is 3.95. The average Bonchev–Trinajstić information content (AvgIpc) is 2.98. The van der Waals surface area contributed by atoms with Gasteiger partial charge < -0.3 is 4.74 Å². The predicted molar refractivity (Wildman–Crippen MR) is 105 cm³/mol. The summed E-state index contributed by atoms with van der Waals surface area (Å²) in [5.41, 5.74) is 5.09. The highest BCUT2D eigenvalue weighted by molar-refractivity contribution is 8.03. The molecule has 0 atom stereocenters. The molecule has 2 aliphatic heterocycles. The maximum atomic E-state index is 11.7. The van der Waals surface area contributed by atoms with Crippen LogP contribution in [-0.2, 0) is 16.1 Å². The molecule has 2 aliphatic rings. The number of allylic oxidation sites excluding steroid dienone is 2. The Bertz CT molecular complexity index is 810. The number of rotatable bonds is 6. The number of benzene rings is 1. The van der Waals surface area contributed by atoms with E-state index in [2.05, 4.69) is 10.5 Å². The second-order valence-electron chi connectivity index (χ2n) is 5.62. The smallest absolute Gasteiger partial charge is 0.316 e. The van der Waals surface area contributed by atoms with Gasteiger partial charge in [0, 0.05) is 15.7 Å². The molecule has 0 aliphatic carbocycles. The van der Waals surface area contributed by atoms with Gasteiger partial charge in [-0.2, -0.15) is 5.10 Å². The van der Waals surface area contributed by atoms with Crippen molar-refractivity contribution >= 4 is 47.3 Å². The van der Waals surface area contributed by atoms with Crippen LogP contribution in [0.4, 0.5) is 0 Å². The van der Waals surface area contributed by atoms with E-state index in [4.69, 9.17) is 27.9 Å². The molecule has 3 rings (SSSR count). The zero-order valence-electron chi connectivity index (χ0n) is 14.3. The number of nitrogens with zero attached hydrogens (tertiary/aromatic N) is 3. The third-order valence-electron chi connectivity index (χ3n) is 3.63. The summed E-state index contributed by atoms with van der Waals surface area (Å²) >= 11 is 13.7. The molecule has 2 heterocycles. The highest BCUT2D eigenvalue weighted by Gasteiger charge is 2.29. The van der Waals surface area contributed by atoms with Gasteiger partial charge in [-0.05, 0) is 37.6 Å². The van der Waals surface area contributed by atoms with Gasteiger partial charge in [-0.3, -0.25) is 10.2 Å². The second kappa shape index (κ2) is 8.24. The molecule has 0 unspecified atom stereocenters. The minimum atomic E-state index is -0.243. The molecule has 138 valence electrons. The fourth-order valence-electron chi connectivity index (χ4n) is 2.53. The SMILES string of the molecule is CCOC(=O)CSC1=C2N(Cc3ccc(Cl)cc3Cl)N=CN2NC(C)=C1. The van der Waals surface area contributed by atoms with Crippen LogP contribution in [0.15, 0.2) is 45.8 Å². The molecule has 0 bridgehead atoms. The lowest BCUT2D eigenvalue weighted by Gasteiger charge is -2.29. The number of esters is 1. The van der Waals surface area contributed by atoms with Gasteiger partial charge >= 0.3 is 5.97 Å². The number of hydrogen-bond donors (Lipinski definition) is 1. The lowest BCUT2D eigenvalue weighted by atomic mass is 10.2. The molecule has 0 amide bonds. The first-order chi connectivity index (χ1) is 12.5. The number of nitrogens with one attached hydrogen (secondary N) is 1. The third kappa shape index (κ3) is 4.28. The second-order valence-corrected chi connectivity index (χ2v) is 7.48. The summed E-state index contributed by atoms with van der Waals surface area (Å²) in [5, 5.41) is 9.28. The Morgan fingerprint density at radius 3 is 2.92 bits per heavy atom. The van der Waals surface area contributed by atoms with Crippen LogP contribution in [0.3, 0.4) is 0 Å². The van der Waals surface area contributed by atoms with Gasteiger partial charge in [0.25, 0.3) is 0 Å². The molecule has 0 radical (unpaired) electrons. The largest absolute Gasteiger partial charge is 0.465 e. The number of hydrazone groups is 1. The molecule has 1 aromatic carbocycles. The molecule has 1 N–H and O–H groups in total. The molecule has 9 heteroatoms. The van der Waals surface area contributed by atoms with Crippen LogP contribution in [0.1, 0.15) is 19.4 Å². The lowest BCUT2D eigenvalue weighted by Crippen LogP contribution is -2.38. The monoisotopic (exact) mass is 412 g/mol. The van der Waals surface area contributed by atoms with Gasteiger partial charge in [0.2, 0.25) is 0 Å². The van der Waals surface area contributed by atoms with E-state index in [1.54, 1.807) is 25.4 Å². The van der Waals surface area contributed by atoms with Crippen molar-refractivity contribution in [1.29, 1.82) is 0 Å². The van der Waals surface area contributed by atoms with E-state index in [1.807, 2.05) is 29.1 Å². The van der Waals surface area contributed by atoms with Crippen molar-refractivity contribution in [2.24, 2.45) is 5.10 Å². The van der Waals surface area contributed by atoms with Crippen LogP contribution in [-0.4, -0.2) is 34.7 Å². The Morgan fingerprint density at radius 2 is 2.19 bits per heavy atom. The number of carbonyl (C=O) groups excluding carboxylic acids is 1. The van der Waals surface area contributed by atoms with Gasteiger partial charge in [0.05, 0.1) is 23.8 Å². The van der Waals surface area contributed by atoms with Crippen LogP contribution in [0.5, 0.6) is 0 Å². The van der Waals surface area contributed by atoms with Crippen LogP contribution < -0.4 is 5.43 Å². The molecule has 0 fully saturated rings. The summed E-state index contributed by atoms with van der Waals surface area (Å²) in [6.45, 7) is 4.60. The van der Waals surface area contributed by atoms with Gasteiger partial charge in [0.15, 0.2) is 5.82 Å². The van der Waals surface area contributed by atoms with Crippen LogP contribution in [0.25, 0.3) is 0 Å². The number of hydrogen-bond acceptors (Lipinski definition) is 7. The van der Waals surface area contributed by atoms with E-state index in [-0.39, 0.29) is 11.7 Å². The molecule has 1 aromatic rings. The first-order valence-electron chi connectivity index (χ1n) is 8.00. The normalized spacial score (nSPS) is 15.8. The summed E-state index contributed by atoms with van der Waals surface area (Å²) in [7, 11) is 0. The number of hydrazine groups is 1. The van der Waals surface area contributed by atoms with E-state index in [1.165, 1.54) is 11.8 Å². The minimum absolute atomic E-state index is 0.236. The predicted octanol–water partition coefficient (Wildman–Crippen LogP) is 3.94. The Hall–Kier alpha value is -1.83. The first-order valence-corrected chi connectivity index (χ1v) is 9.74. The summed E-state index contributed by atoms with van der Waals surface area (Å²) in [6.07, 6.45) is 3.68. The molecule has 0 spiro atoms. The fraction of sp³-hybridized carbons (Fsp3) is 0.294. The summed E-state index contributed by atoms with van der Waals surface area (Å²) in [4.78, 5) is 12.6. The summed E-state index contributed by atoms with van der Waals surface area (Å²) in [5.74, 6) is 0.837. The van der Waals surface area contributed by atoms with Gasteiger partial charge in [-0.15, -0.1) is 11.8 Å². The van der Waals surface area contributed by atoms with E-state index in [0.717, 1.165) is 22.0 Å². The maximum Gasteiger partial charge on any atom is 0.316 e. The number of ether oxygens (including phenoxy) is 1. The Balaban J connectivity index is 1.83. The Kier molecular flexibility index (Phi) is 6.01. The van der Waals surface area contributed by atoms with Crippen molar-refractivity contribution in [3.8, 4) is 0 Å². The number of halogens is 2. The van der Waals surface area contributed by atoms with E-state index in [0.29, 0.717) is 23.2 Å². The summed E-state index contributed by atoms with van der Waals surface area (Å²) in [6, 6.07) is 5.39.